The Morgan fingerprint density at radius 3 is 2.67 bits per heavy atom. The van der Waals surface area contributed by atoms with Crippen molar-refractivity contribution in [1.82, 2.24) is 9.78 Å². The van der Waals surface area contributed by atoms with Crippen LogP contribution in [0.2, 0.25) is 0 Å². The van der Waals surface area contributed by atoms with Crippen LogP contribution in [0, 0.1) is 17.0 Å². The first-order valence-electron chi connectivity index (χ1n) is 8.31. The molecule has 8 heteroatoms. The van der Waals surface area contributed by atoms with Crippen molar-refractivity contribution in [2.75, 3.05) is 5.32 Å². The Kier molecular flexibility index (Phi) is 5.46. The van der Waals surface area contributed by atoms with Crippen molar-refractivity contribution in [3.05, 3.63) is 76.6 Å². The van der Waals surface area contributed by atoms with Crippen molar-refractivity contribution in [2.45, 2.75) is 19.9 Å². The van der Waals surface area contributed by atoms with Gasteiger partial charge in [0.05, 0.1) is 10.6 Å². The van der Waals surface area contributed by atoms with Crippen LogP contribution in [-0.2, 0) is 11.3 Å². The van der Waals surface area contributed by atoms with Gasteiger partial charge in [-0.3, -0.25) is 19.6 Å². The van der Waals surface area contributed by atoms with E-state index >= 15 is 0 Å². The molecule has 0 aliphatic rings. The molecule has 3 rings (SSSR count). The van der Waals surface area contributed by atoms with Crippen LogP contribution >= 0.6 is 0 Å². The lowest BCUT2D eigenvalue weighted by Gasteiger charge is -2.12. The first kappa shape index (κ1) is 18.1. The van der Waals surface area contributed by atoms with E-state index in [1.165, 1.54) is 10.9 Å². The van der Waals surface area contributed by atoms with E-state index in [2.05, 4.69) is 10.4 Å². The third-order valence-electron chi connectivity index (χ3n) is 3.81. The van der Waals surface area contributed by atoms with Gasteiger partial charge in [-0.2, -0.15) is 5.10 Å². The average molecular weight is 366 g/mol. The number of nitrogens with one attached hydrogen (secondary N) is 1. The number of para-hydroxylation sites is 2. The van der Waals surface area contributed by atoms with Crippen LogP contribution in [0.15, 0.2) is 60.9 Å². The molecule has 0 spiro atoms. The molecule has 1 amide bonds. The molecule has 0 bridgehead atoms. The van der Waals surface area contributed by atoms with Gasteiger partial charge in [-0.1, -0.05) is 29.8 Å². The zero-order valence-corrected chi connectivity index (χ0v) is 14.7. The van der Waals surface area contributed by atoms with Crippen molar-refractivity contribution in [1.29, 1.82) is 0 Å². The fraction of sp³-hybridized carbons (Fsp3) is 0.158. The van der Waals surface area contributed by atoms with Crippen LogP contribution in [0.25, 0.3) is 0 Å². The van der Waals surface area contributed by atoms with Crippen molar-refractivity contribution in [2.24, 2.45) is 0 Å². The smallest absolute Gasteiger partial charge is 0.306 e. The molecule has 8 nitrogen and oxygen atoms in total. The van der Waals surface area contributed by atoms with E-state index in [4.69, 9.17) is 4.74 Å². The molecule has 0 unspecified atom stereocenters. The highest BCUT2D eigenvalue weighted by Gasteiger charge is 2.11. The second kappa shape index (κ2) is 8.13. The lowest BCUT2D eigenvalue weighted by atomic mass is 10.2. The first-order chi connectivity index (χ1) is 13.0. The van der Waals surface area contributed by atoms with Crippen LogP contribution in [0.1, 0.15) is 12.0 Å². The van der Waals surface area contributed by atoms with Gasteiger partial charge in [-0.05, 0) is 31.2 Å². The van der Waals surface area contributed by atoms with E-state index in [-0.39, 0.29) is 24.6 Å². The van der Waals surface area contributed by atoms with Crippen LogP contribution in [0.3, 0.4) is 0 Å². The fourth-order valence-electron chi connectivity index (χ4n) is 2.39. The number of carbonyl (C=O) groups is 1. The zero-order valence-electron chi connectivity index (χ0n) is 14.7. The summed E-state index contributed by atoms with van der Waals surface area (Å²) in [7, 11) is 0. The molecule has 0 aliphatic carbocycles. The Morgan fingerprint density at radius 1 is 1.22 bits per heavy atom. The lowest BCUT2D eigenvalue weighted by Crippen LogP contribution is -2.15. The van der Waals surface area contributed by atoms with Crippen LogP contribution in [0.5, 0.6) is 11.5 Å². The molecule has 0 fully saturated rings. The number of ether oxygens (including phenoxy) is 1. The van der Waals surface area contributed by atoms with Crippen molar-refractivity contribution in [3.8, 4) is 11.5 Å². The molecule has 0 aliphatic heterocycles. The highest BCUT2D eigenvalue weighted by atomic mass is 16.6. The van der Waals surface area contributed by atoms with E-state index in [0.29, 0.717) is 17.2 Å². The standard InChI is InChI=1S/C19H18N4O4/c1-14-6-8-16(9-7-14)27-18-5-3-2-4-17(18)21-19(24)10-11-22-13-15(12-20-22)23(25)26/h2-9,12-13H,10-11H2,1H3,(H,21,24). The first-order valence-corrected chi connectivity index (χ1v) is 8.31. The largest absolute Gasteiger partial charge is 0.455 e. The summed E-state index contributed by atoms with van der Waals surface area (Å²) in [6.45, 7) is 2.23. The van der Waals surface area contributed by atoms with Crippen LogP contribution in [-0.4, -0.2) is 20.6 Å². The molecule has 1 aromatic heterocycles. The molecular weight excluding hydrogens is 348 g/mol. The summed E-state index contributed by atoms with van der Waals surface area (Å²) in [6, 6.07) is 14.7. The Labute approximate surface area is 155 Å². The maximum atomic E-state index is 12.2. The third-order valence-corrected chi connectivity index (χ3v) is 3.81. The number of benzene rings is 2. The number of aromatic nitrogens is 2. The Morgan fingerprint density at radius 2 is 1.96 bits per heavy atom. The Hall–Kier alpha value is -3.68. The monoisotopic (exact) mass is 366 g/mol. The van der Waals surface area contributed by atoms with Crippen molar-refractivity contribution >= 4 is 17.3 Å². The predicted octanol–water partition coefficient (Wildman–Crippen LogP) is 3.92. The van der Waals surface area contributed by atoms with E-state index in [9.17, 15) is 14.9 Å². The molecule has 0 atom stereocenters. The van der Waals surface area contributed by atoms with E-state index in [1.807, 2.05) is 37.3 Å². The number of aryl methyl sites for hydroxylation is 2. The summed E-state index contributed by atoms with van der Waals surface area (Å²) in [4.78, 5) is 22.4. The van der Waals surface area contributed by atoms with Crippen molar-refractivity contribution < 1.29 is 14.5 Å². The van der Waals surface area contributed by atoms with Gasteiger partial charge >= 0.3 is 5.69 Å². The quantitative estimate of drug-likeness (QED) is 0.505. The summed E-state index contributed by atoms with van der Waals surface area (Å²) in [5, 5.41) is 17.3. The summed E-state index contributed by atoms with van der Waals surface area (Å²) in [6.07, 6.45) is 2.57. The summed E-state index contributed by atoms with van der Waals surface area (Å²) < 4.78 is 7.22. The predicted molar refractivity (Wildman–Crippen MR) is 99.8 cm³/mol. The number of hydrogen-bond donors (Lipinski definition) is 1. The highest BCUT2D eigenvalue weighted by Crippen LogP contribution is 2.29. The Balaban J connectivity index is 1.61. The zero-order chi connectivity index (χ0) is 19.2. The number of amides is 1. The van der Waals surface area contributed by atoms with Gasteiger partial charge in [-0.25, -0.2) is 0 Å². The molecule has 0 radical (unpaired) electrons. The van der Waals surface area contributed by atoms with Gasteiger partial charge in [0.1, 0.15) is 18.1 Å². The van der Waals surface area contributed by atoms with Gasteiger partial charge in [0, 0.05) is 13.0 Å². The number of rotatable bonds is 7. The number of hydrogen-bond acceptors (Lipinski definition) is 5. The molecule has 1 N–H and O–H groups in total. The van der Waals surface area contributed by atoms with Crippen LogP contribution in [0.4, 0.5) is 11.4 Å². The molecule has 0 saturated carbocycles. The molecule has 27 heavy (non-hydrogen) atoms. The molecule has 0 saturated heterocycles. The minimum Gasteiger partial charge on any atom is -0.455 e. The number of anilines is 1. The van der Waals surface area contributed by atoms with Crippen molar-refractivity contribution in [3.63, 3.8) is 0 Å². The number of nitro groups is 1. The highest BCUT2D eigenvalue weighted by molar-refractivity contribution is 5.92. The summed E-state index contributed by atoms with van der Waals surface area (Å²) >= 11 is 0. The second-order valence-electron chi connectivity index (χ2n) is 5.93. The third kappa shape index (κ3) is 4.91. The minimum absolute atomic E-state index is 0.104. The van der Waals surface area contributed by atoms with E-state index in [0.717, 1.165) is 11.8 Å². The molecule has 3 aromatic rings. The number of nitrogens with zero attached hydrogens (tertiary/aromatic N) is 3. The summed E-state index contributed by atoms with van der Waals surface area (Å²) in [5.74, 6) is 0.962. The van der Waals surface area contributed by atoms with Gasteiger partial charge in [0.2, 0.25) is 5.91 Å². The molecule has 138 valence electrons. The van der Waals surface area contributed by atoms with Gasteiger partial charge in [0.25, 0.3) is 0 Å². The van der Waals surface area contributed by atoms with Gasteiger partial charge in [-0.15, -0.1) is 0 Å². The lowest BCUT2D eigenvalue weighted by molar-refractivity contribution is -0.385. The Bertz CT molecular complexity index is 950. The SMILES string of the molecule is Cc1ccc(Oc2ccccc2NC(=O)CCn2cc([N+](=O)[O-])cn2)cc1. The molecule has 2 aromatic carbocycles. The minimum atomic E-state index is -0.526. The summed E-state index contributed by atoms with van der Waals surface area (Å²) in [5.41, 5.74) is 1.57. The second-order valence-corrected chi connectivity index (χ2v) is 5.93. The number of carbonyl (C=O) groups excluding carboxylic acids is 1. The van der Waals surface area contributed by atoms with Gasteiger partial charge < -0.3 is 10.1 Å². The van der Waals surface area contributed by atoms with E-state index < -0.39 is 4.92 Å². The van der Waals surface area contributed by atoms with Gasteiger partial charge in [0.15, 0.2) is 5.75 Å². The molecule has 1 heterocycles. The maximum absolute atomic E-state index is 12.2. The topological polar surface area (TPSA) is 99.3 Å². The average Bonchev–Trinajstić information content (AvgIpc) is 3.13. The molecular formula is C19H18N4O4. The normalized spacial score (nSPS) is 10.4. The van der Waals surface area contributed by atoms with Crippen LogP contribution < -0.4 is 10.1 Å². The fourth-order valence-corrected chi connectivity index (χ4v) is 2.39. The maximum Gasteiger partial charge on any atom is 0.306 e. The van der Waals surface area contributed by atoms with E-state index in [1.54, 1.807) is 18.2 Å².